The van der Waals surface area contributed by atoms with Crippen molar-refractivity contribution in [2.24, 2.45) is 0 Å². The Morgan fingerprint density at radius 2 is 2.16 bits per heavy atom. The molecule has 1 amide bonds. The summed E-state index contributed by atoms with van der Waals surface area (Å²) in [6.07, 6.45) is 1.27. The van der Waals surface area contributed by atoms with Gasteiger partial charge in [0.1, 0.15) is 0 Å². The van der Waals surface area contributed by atoms with Crippen LogP contribution in [0.2, 0.25) is 0 Å². The minimum Gasteiger partial charge on any atom is -0.311 e. The summed E-state index contributed by atoms with van der Waals surface area (Å²) in [5.41, 5.74) is 3.20. The Kier molecular flexibility index (Phi) is 3.29. The van der Waals surface area contributed by atoms with Crippen LogP contribution >= 0.6 is 0 Å². The molecule has 19 heavy (non-hydrogen) atoms. The van der Waals surface area contributed by atoms with Gasteiger partial charge in [0.05, 0.1) is 12.1 Å². The van der Waals surface area contributed by atoms with Crippen LogP contribution in [0.3, 0.4) is 0 Å². The van der Waals surface area contributed by atoms with Crippen molar-refractivity contribution in [1.82, 2.24) is 15.5 Å². The zero-order chi connectivity index (χ0) is 13.1. The van der Waals surface area contributed by atoms with Crippen molar-refractivity contribution < 1.29 is 4.79 Å². The maximum absolute atomic E-state index is 12.0. The van der Waals surface area contributed by atoms with Crippen LogP contribution in [-0.4, -0.2) is 22.6 Å². The van der Waals surface area contributed by atoms with E-state index in [1.54, 1.807) is 0 Å². The van der Waals surface area contributed by atoms with Gasteiger partial charge in [-0.15, -0.1) is 0 Å². The largest absolute Gasteiger partial charge is 0.311 e. The molecular formula is C14H16N4O. The molecule has 1 aliphatic rings. The summed E-state index contributed by atoms with van der Waals surface area (Å²) in [4.78, 5) is 12.0. The lowest BCUT2D eigenvalue weighted by Crippen LogP contribution is -2.24. The third kappa shape index (κ3) is 2.66. The van der Waals surface area contributed by atoms with E-state index in [9.17, 15) is 4.79 Å². The molecule has 98 valence electrons. The van der Waals surface area contributed by atoms with E-state index in [1.807, 2.05) is 30.3 Å². The molecular weight excluding hydrogens is 240 g/mol. The number of fused-ring (bicyclic) bond motifs is 1. The Balaban J connectivity index is 1.68. The van der Waals surface area contributed by atoms with Crippen LogP contribution in [0.4, 0.5) is 5.82 Å². The van der Waals surface area contributed by atoms with Crippen LogP contribution in [0.15, 0.2) is 30.3 Å². The van der Waals surface area contributed by atoms with Gasteiger partial charge in [-0.3, -0.25) is 9.89 Å². The smallest absolute Gasteiger partial charge is 0.230 e. The molecule has 1 aliphatic heterocycles. The first kappa shape index (κ1) is 11.9. The summed E-state index contributed by atoms with van der Waals surface area (Å²) in [5.74, 6) is 0.650. The predicted octanol–water partition coefficient (Wildman–Crippen LogP) is 1.24. The molecule has 0 unspecified atom stereocenters. The summed E-state index contributed by atoms with van der Waals surface area (Å²) in [5, 5.41) is 13.3. The summed E-state index contributed by atoms with van der Waals surface area (Å²) in [6, 6.07) is 9.71. The second-order valence-electron chi connectivity index (χ2n) is 4.67. The van der Waals surface area contributed by atoms with Gasteiger partial charge < -0.3 is 10.6 Å². The second kappa shape index (κ2) is 5.24. The zero-order valence-corrected chi connectivity index (χ0v) is 10.6. The molecule has 0 spiro atoms. The number of nitrogens with zero attached hydrogens (tertiary/aromatic N) is 1. The molecule has 2 aromatic rings. The third-order valence-electron chi connectivity index (χ3n) is 3.27. The maximum Gasteiger partial charge on any atom is 0.230 e. The van der Waals surface area contributed by atoms with Crippen LogP contribution in [0.1, 0.15) is 16.8 Å². The van der Waals surface area contributed by atoms with E-state index >= 15 is 0 Å². The quantitative estimate of drug-likeness (QED) is 0.773. The lowest BCUT2D eigenvalue weighted by Gasteiger charge is -2.13. The first-order valence-corrected chi connectivity index (χ1v) is 6.43. The Morgan fingerprint density at radius 3 is 3.00 bits per heavy atom. The molecule has 5 heteroatoms. The van der Waals surface area contributed by atoms with Crippen molar-refractivity contribution >= 4 is 11.7 Å². The van der Waals surface area contributed by atoms with Gasteiger partial charge in [0.2, 0.25) is 5.91 Å². The fraction of sp³-hybridized carbons (Fsp3) is 0.286. The first-order chi connectivity index (χ1) is 9.33. The molecule has 1 aromatic heterocycles. The summed E-state index contributed by atoms with van der Waals surface area (Å²) in [6.45, 7) is 1.71. The van der Waals surface area contributed by atoms with Gasteiger partial charge in [0.25, 0.3) is 0 Å². The van der Waals surface area contributed by atoms with Gasteiger partial charge in [-0.25, -0.2) is 0 Å². The van der Waals surface area contributed by atoms with E-state index in [2.05, 4.69) is 20.8 Å². The number of rotatable bonds is 3. The average Bonchev–Trinajstić information content (AvgIpc) is 2.83. The number of aromatic amines is 1. The number of amides is 1. The number of carbonyl (C=O) groups is 1. The number of H-pyrrole nitrogens is 1. The number of hydrogen-bond acceptors (Lipinski definition) is 3. The average molecular weight is 256 g/mol. The van der Waals surface area contributed by atoms with Crippen LogP contribution in [0.5, 0.6) is 0 Å². The van der Waals surface area contributed by atoms with E-state index in [1.165, 1.54) is 0 Å². The molecule has 0 aliphatic carbocycles. The van der Waals surface area contributed by atoms with E-state index in [0.29, 0.717) is 12.2 Å². The van der Waals surface area contributed by atoms with Gasteiger partial charge in [0.15, 0.2) is 5.82 Å². The van der Waals surface area contributed by atoms with Crippen LogP contribution < -0.4 is 10.6 Å². The van der Waals surface area contributed by atoms with E-state index in [-0.39, 0.29) is 5.91 Å². The fourth-order valence-electron chi connectivity index (χ4n) is 2.30. The van der Waals surface area contributed by atoms with E-state index in [0.717, 1.165) is 36.3 Å². The van der Waals surface area contributed by atoms with Gasteiger partial charge >= 0.3 is 0 Å². The lowest BCUT2D eigenvalue weighted by molar-refractivity contribution is -0.115. The normalized spacial score (nSPS) is 13.9. The molecule has 3 rings (SSSR count). The SMILES string of the molecule is O=C(Cc1ccccc1)Nc1n[nH]c2c1CCNC2. The van der Waals surface area contributed by atoms with Gasteiger partial charge in [-0.05, 0) is 18.5 Å². The first-order valence-electron chi connectivity index (χ1n) is 6.43. The molecule has 5 nitrogen and oxygen atoms in total. The summed E-state index contributed by atoms with van der Waals surface area (Å²) in [7, 11) is 0. The monoisotopic (exact) mass is 256 g/mol. The number of nitrogens with one attached hydrogen (secondary N) is 3. The van der Waals surface area contributed by atoms with E-state index in [4.69, 9.17) is 0 Å². The molecule has 1 aromatic carbocycles. The lowest BCUT2D eigenvalue weighted by atomic mass is 10.1. The molecule has 3 N–H and O–H groups in total. The molecule has 0 fully saturated rings. The summed E-state index contributed by atoms with van der Waals surface area (Å²) < 4.78 is 0. The molecule has 0 bridgehead atoms. The Morgan fingerprint density at radius 1 is 1.32 bits per heavy atom. The molecule has 0 atom stereocenters. The second-order valence-corrected chi connectivity index (χ2v) is 4.67. The maximum atomic E-state index is 12.0. The highest BCUT2D eigenvalue weighted by Crippen LogP contribution is 2.19. The number of anilines is 1. The molecule has 2 heterocycles. The van der Waals surface area contributed by atoms with Gasteiger partial charge in [0, 0.05) is 12.1 Å². The molecule has 0 saturated heterocycles. The number of aromatic nitrogens is 2. The topological polar surface area (TPSA) is 69.8 Å². The van der Waals surface area contributed by atoms with Crippen molar-refractivity contribution in [3.8, 4) is 0 Å². The number of benzene rings is 1. The predicted molar refractivity (Wildman–Crippen MR) is 72.8 cm³/mol. The molecule has 0 radical (unpaired) electrons. The van der Waals surface area contributed by atoms with Crippen molar-refractivity contribution in [1.29, 1.82) is 0 Å². The Hall–Kier alpha value is -2.14. The van der Waals surface area contributed by atoms with Crippen LogP contribution in [-0.2, 0) is 24.2 Å². The van der Waals surface area contributed by atoms with Crippen molar-refractivity contribution in [3.63, 3.8) is 0 Å². The highest BCUT2D eigenvalue weighted by Gasteiger charge is 2.17. The number of hydrogen-bond donors (Lipinski definition) is 3. The van der Waals surface area contributed by atoms with E-state index < -0.39 is 0 Å². The summed E-state index contributed by atoms with van der Waals surface area (Å²) >= 11 is 0. The fourth-order valence-corrected chi connectivity index (χ4v) is 2.30. The Labute approximate surface area is 111 Å². The zero-order valence-electron chi connectivity index (χ0n) is 10.6. The number of carbonyl (C=O) groups excluding carboxylic acids is 1. The van der Waals surface area contributed by atoms with Gasteiger partial charge in [-0.1, -0.05) is 30.3 Å². The van der Waals surface area contributed by atoms with Gasteiger partial charge in [-0.2, -0.15) is 5.10 Å². The standard InChI is InChI=1S/C14H16N4O/c19-13(8-10-4-2-1-3-5-10)16-14-11-6-7-15-9-12(11)17-18-14/h1-5,15H,6-9H2,(H2,16,17,18,19). The van der Waals surface area contributed by atoms with Crippen molar-refractivity contribution in [2.75, 3.05) is 11.9 Å². The minimum atomic E-state index is -0.0287. The molecule has 0 saturated carbocycles. The third-order valence-corrected chi connectivity index (χ3v) is 3.27. The highest BCUT2D eigenvalue weighted by atomic mass is 16.1. The van der Waals surface area contributed by atoms with Crippen LogP contribution in [0.25, 0.3) is 0 Å². The minimum absolute atomic E-state index is 0.0287. The van der Waals surface area contributed by atoms with Crippen LogP contribution in [0, 0.1) is 0 Å². The Bertz CT molecular complexity index is 576. The van der Waals surface area contributed by atoms with Crippen molar-refractivity contribution in [2.45, 2.75) is 19.4 Å². The van der Waals surface area contributed by atoms with Crippen molar-refractivity contribution in [3.05, 3.63) is 47.2 Å². The highest BCUT2D eigenvalue weighted by molar-refractivity contribution is 5.92.